The van der Waals surface area contributed by atoms with Gasteiger partial charge < -0.3 is 9.84 Å². The van der Waals surface area contributed by atoms with Gasteiger partial charge >= 0.3 is 0 Å². The lowest BCUT2D eigenvalue weighted by Gasteiger charge is -2.57. The summed E-state index contributed by atoms with van der Waals surface area (Å²) < 4.78 is 6.62. The smallest absolute Gasteiger partial charge is 0.207 e. The lowest BCUT2D eigenvalue weighted by atomic mass is 9.62. The number of benzene rings is 1. The highest BCUT2D eigenvalue weighted by Crippen LogP contribution is 2.55. The van der Waals surface area contributed by atoms with E-state index >= 15 is 0 Å². The number of rotatable bonds is 1. The van der Waals surface area contributed by atoms with Crippen LogP contribution in [0.4, 0.5) is 0 Å². The van der Waals surface area contributed by atoms with Crippen LogP contribution < -0.4 is 0 Å². The highest BCUT2D eigenvalue weighted by atomic mass is 17.2. The van der Waals surface area contributed by atoms with E-state index in [4.69, 9.17) is 14.5 Å². The second kappa shape index (κ2) is 7.00. The predicted molar refractivity (Wildman–Crippen MR) is 107 cm³/mol. The van der Waals surface area contributed by atoms with E-state index in [9.17, 15) is 5.11 Å². The third kappa shape index (κ3) is 3.18. The van der Waals surface area contributed by atoms with Gasteiger partial charge in [-0.25, -0.2) is 4.89 Å². The molecule has 0 amide bonds. The molecule has 2 bridgehead atoms. The molecule has 1 aliphatic heterocycles. The zero-order valence-corrected chi connectivity index (χ0v) is 17.2. The molecule has 1 heterocycles. The van der Waals surface area contributed by atoms with Gasteiger partial charge in [-0.15, -0.1) is 0 Å². The van der Waals surface area contributed by atoms with Gasteiger partial charge in [-0.3, -0.25) is 0 Å². The number of ether oxygens (including phenoxy) is 1. The first-order valence-corrected chi connectivity index (χ1v) is 11.3. The van der Waals surface area contributed by atoms with Crippen LogP contribution in [0.3, 0.4) is 0 Å². The first-order valence-electron chi connectivity index (χ1n) is 11.3. The minimum Gasteiger partial charge on any atom is -0.508 e. The molecule has 5 atom stereocenters. The number of hydrogen-bond acceptors (Lipinski definition) is 4. The summed E-state index contributed by atoms with van der Waals surface area (Å²) in [4.78, 5) is 12.5. The molecule has 4 nitrogen and oxygen atoms in total. The lowest BCUT2D eigenvalue weighted by Crippen LogP contribution is -2.62. The molecule has 4 fully saturated rings. The van der Waals surface area contributed by atoms with Crippen molar-refractivity contribution in [3.05, 3.63) is 29.8 Å². The van der Waals surface area contributed by atoms with Crippen molar-refractivity contribution in [2.75, 3.05) is 6.61 Å². The minimum atomic E-state index is -0.524. The molecular formula is C24H34O4. The van der Waals surface area contributed by atoms with Gasteiger partial charge in [-0.2, -0.15) is 4.89 Å². The third-order valence-corrected chi connectivity index (χ3v) is 8.15. The van der Waals surface area contributed by atoms with Crippen LogP contribution in [0.2, 0.25) is 0 Å². The van der Waals surface area contributed by atoms with Crippen molar-refractivity contribution in [3.63, 3.8) is 0 Å². The first-order chi connectivity index (χ1) is 13.5. The standard InChI is InChI=1S/C24H34O4/c1-16-11-18-13-17(2)24(21(12-16)14-18)26-15-23(27-28-24)9-7-20(8-10-23)19-3-5-22(25)6-4-19/h3-6,16-18,20-21,25H,7-15H2,1-2H3. The van der Waals surface area contributed by atoms with Crippen molar-refractivity contribution in [3.8, 4) is 5.75 Å². The Balaban J connectivity index is 1.24. The van der Waals surface area contributed by atoms with Crippen LogP contribution in [0.1, 0.15) is 76.7 Å². The Morgan fingerprint density at radius 3 is 2.36 bits per heavy atom. The molecule has 3 saturated carbocycles. The van der Waals surface area contributed by atoms with Crippen LogP contribution in [-0.4, -0.2) is 23.1 Å². The van der Waals surface area contributed by atoms with Gasteiger partial charge in [-0.1, -0.05) is 26.0 Å². The summed E-state index contributed by atoms with van der Waals surface area (Å²) in [6.45, 7) is 5.33. The van der Waals surface area contributed by atoms with E-state index in [1.54, 1.807) is 12.1 Å². The molecule has 5 rings (SSSR count). The van der Waals surface area contributed by atoms with Crippen molar-refractivity contribution in [2.24, 2.45) is 23.7 Å². The lowest BCUT2D eigenvalue weighted by molar-refractivity contribution is -0.542. The van der Waals surface area contributed by atoms with E-state index in [0.29, 0.717) is 30.1 Å². The van der Waals surface area contributed by atoms with Gasteiger partial charge in [0, 0.05) is 11.8 Å². The van der Waals surface area contributed by atoms with Gasteiger partial charge in [-0.05, 0) is 86.8 Å². The topological polar surface area (TPSA) is 47.9 Å². The third-order valence-electron chi connectivity index (χ3n) is 8.15. The largest absolute Gasteiger partial charge is 0.508 e. The van der Waals surface area contributed by atoms with Crippen LogP contribution in [0.25, 0.3) is 0 Å². The molecule has 1 aromatic rings. The average molecular weight is 387 g/mol. The predicted octanol–water partition coefficient (Wildman–Crippen LogP) is 5.56. The van der Waals surface area contributed by atoms with E-state index in [-0.39, 0.29) is 5.60 Å². The van der Waals surface area contributed by atoms with Crippen LogP contribution in [0.15, 0.2) is 24.3 Å². The van der Waals surface area contributed by atoms with Crippen molar-refractivity contribution < 1.29 is 19.6 Å². The molecule has 1 saturated heterocycles. The highest BCUT2D eigenvalue weighted by molar-refractivity contribution is 5.28. The Morgan fingerprint density at radius 2 is 1.68 bits per heavy atom. The Hall–Kier alpha value is -1.10. The molecule has 154 valence electrons. The maximum atomic E-state index is 9.52. The van der Waals surface area contributed by atoms with Crippen molar-refractivity contribution in [2.45, 2.75) is 82.5 Å². The molecule has 0 radical (unpaired) electrons. The molecule has 0 aromatic heterocycles. The second-order valence-electron chi connectivity index (χ2n) is 10.2. The summed E-state index contributed by atoms with van der Waals surface area (Å²) in [5, 5.41) is 9.52. The number of hydrogen-bond donors (Lipinski definition) is 1. The number of phenolic OH excluding ortho intramolecular Hbond substituents is 1. The monoisotopic (exact) mass is 386 g/mol. The van der Waals surface area contributed by atoms with Crippen molar-refractivity contribution in [1.29, 1.82) is 0 Å². The Kier molecular flexibility index (Phi) is 4.72. The molecule has 5 unspecified atom stereocenters. The van der Waals surface area contributed by atoms with Gasteiger partial charge in [0.1, 0.15) is 11.4 Å². The maximum Gasteiger partial charge on any atom is 0.207 e. The quantitative estimate of drug-likeness (QED) is 0.642. The van der Waals surface area contributed by atoms with Gasteiger partial charge in [0.15, 0.2) is 0 Å². The van der Waals surface area contributed by atoms with E-state index in [1.807, 2.05) is 12.1 Å². The fourth-order valence-corrected chi connectivity index (χ4v) is 6.64. The first kappa shape index (κ1) is 18.9. The second-order valence-corrected chi connectivity index (χ2v) is 10.2. The highest BCUT2D eigenvalue weighted by Gasteiger charge is 2.58. The average Bonchev–Trinajstić information content (AvgIpc) is 2.69. The molecule has 4 heteroatoms. The van der Waals surface area contributed by atoms with Crippen molar-refractivity contribution >= 4 is 0 Å². The van der Waals surface area contributed by atoms with Gasteiger partial charge in [0.05, 0.1) is 6.61 Å². The number of phenols is 1. The van der Waals surface area contributed by atoms with Crippen LogP contribution in [0.5, 0.6) is 5.75 Å². The summed E-state index contributed by atoms with van der Waals surface area (Å²) >= 11 is 0. The van der Waals surface area contributed by atoms with E-state index in [0.717, 1.165) is 37.5 Å². The fourth-order valence-electron chi connectivity index (χ4n) is 6.64. The zero-order chi connectivity index (χ0) is 19.4. The summed E-state index contributed by atoms with van der Waals surface area (Å²) in [6.07, 6.45) is 9.05. The molecular weight excluding hydrogens is 352 g/mol. The normalized spacial score (nSPS) is 46.0. The molecule has 28 heavy (non-hydrogen) atoms. The SMILES string of the molecule is CC1CC2CC(C)C3(OCC4(CCC(c5ccc(O)cc5)CC4)OO3)C(C1)C2. The van der Waals surface area contributed by atoms with Crippen molar-refractivity contribution in [1.82, 2.24) is 0 Å². The number of aromatic hydroxyl groups is 1. The van der Waals surface area contributed by atoms with E-state index < -0.39 is 5.79 Å². The molecule has 2 spiro atoms. The Bertz CT molecular complexity index is 677. The molecule has 3 aliphatic carbocycles. The van der Waals surface area contributed by atoms with E-state index in [2.05, 4.69) is 13.8 Å². The van der Waals surface area contributed by atoms with Gasteiger partial charge in [0.25, 0.3) is 0 Å². The fraction of sp³-hybridized carbons (Fsp3) is 0.750. The molecule has 1 aromatic carbocycles. The summed E-state index contributed by atoms with van der Waals surface area (Å²) in [5.41, 5.74) is 1.03. The Labute approximate surface area is 168 Å². The number of fused-ring (bicyclic) bond motifs is 3. The van der Waals surface area contributed by atoms with Crippen LogP contribution in [-0.2, 0) is 14.5 Å². The maximum absolute atomic E-state index is 9.52. The summed E-state index contributed by atoms with van der Waals surface area (Å²) in [5.74, 6) is 2.80. The van der Waals surface area contributed by atoms with Gasteiger partial charge in [0.2, 0.25) is 5.79 Å². The van der Waals surface area contributed by atoms with Crippen LogP contribution >= 0.6 is 0 Å². The Morgan fingerprint density at radius 1 is 0.929 bits per heavy atom. The molecule has 4 aliphatic rings. The van der Waals surface area contributed by atoms with Crippen LogP contribution in [0, 0.1) is 23.7 Å². The summed E-state index contributed by atoms with van der Waals surface area (Å²) in [7, 11) is 0. The van der Waals surface area contributed by atoms with E-state index in [1.165, 1.54) is 31.2 Å². The zero-order valence-electron chi connectivity index (χ0n) is 17.2. The molecule has 1 N–H and O–H groups in total. The summed E-state index contributed by atoms with van der Waals surface area (Å²) in [6, 6.07) is 7.67. The minimum absolute atomic E-state index is 0.282.